The van der Waals surface area contributed by atoms with E-state index >= 15 is 0 Å². The molecule has 96 valence electrons. The topological polar surface area (TPSA) is 30.7 Å². The first-order valence-electron chi connectivity index (χ1n) is 5.86. The molecule has 0 N–H and O–H groups in total. The van der Waals surface area contributed by atoms with Crippen LogP contribution < -0.4 is 0 Å². The van der Waals surface area contributed by atoms with Crippen LogP contribution in [0.2, 0.25) is 0 Å². The van der Waals surface area contributed by atoms with E-state index in [0.29, 0.717) is 0 Å². The average molecular weight is 334 g/mol. The van der Waals surface area contributed by atoms with Crippen molar-refractivity contribution in [3.05, 3.63) is 46.1 Å². The molecule has 0 radical (unpaired) electrons. The lowest BCUT2D eigenvalue weighted by Crippen LogP contribution is -1.88. The highest BCUT2D eigenvalue weighted by molar-refractivity contribution is 9.10. The zero-order valence-electron chi connectivity index (χ0n) is 10.6. The number of benzene rings is 1. The summed E-state index contributed by atoms with van der Waals surface area (Å²) in [5.74, 6) is 0. The van der Waals surface area contributed by atoms with Crippen LogP contribution in [0.15, 0.2) is 41.3 Å². The predicted molar refractivity (Wildman–Crippen MR) is 82.2 cm³/mol. The first-order valence-corrected chi connectivity index (χ1v) is 7.47. The number of aromatic nitrogens is 3. The molecule has 0 aliphatic rings. The highest BCUT2D eigenvalue weighted by Crippen LogP contribution is 2.35. The Balaban J connectivity index is 2.13. The summed E-state index contributed by atoms with van der Waals surface area (Å²) in [4.78, 5) is 10.1. The molecule has 0 bridgehead atoms. The van der Waals surface area contributed by atoms with Gasteiger partial charge in [0.05, 0.1) is 23.9 Å². The van der Waals surface area contributed by atoms with Gasteiger partial charge in [-0.1, -0.05) is 34.1 Å². The second kappa shape index (κ2) is 4.90. The van der Waals surface area contributed by atoms with Gasteiger partial charge in [-0.3, -0.25) is 0 Å². The van der Waals surface area contributed by atoms with Gasteiger partial charge >= 0.3 is 0 Å². The molecule has 0 saturated carbocycles. The summed E-state index contributed by atoms with van der Waals surface area (Å²) in [5.41, 5.74) is 3.21. The van der Waals surface area contributed by atoms with Crippen LogP contribution in [-0.2, 0) is 7.05 Å². The third kappa shape index (κ3) is 2.24. The first-order chi connectivity index (χ1) is 9.16. The number of hydrogen-bond acceptors (Lipinski definition) is 3. The second-order valence-corrected chi connectivity index (χ2v) is 6.35. The van der Waals surface area contributed by atoms with Crippen molar-refractivity contribution in [2.75, 3.05) is 0 Å². The van der Waals surface area contributed by atoms with Crippen LogP contribution in [0.4, 0.5) is 0 Å². The van der Waals surface area contributed by atoms with Crippen LogP contribution in [0.3, 0.4) is 0 Å². The fraction of sp³-hybridized carbons (Fsp3) is 0.143. The molecule has 3 rings (SSSR count). The molecule has 0 saturated heterocycles. The number of halogens is 1. The quantitative estimate of drug-likeness (QED) is 0.700. The Morgan fingerprint density at radius 3 is 2.74 bits per heavy atom. The van der Waals surface area contributed by atoms with E-state index in [1.165, 1.54) is 4.88 Å². The molecule has 0 fully saturated rings. The molecule has 3 aromatic rings. The normalized spacial score (nSPS) is 10.9. The maximum absolute atomic E-state index is 4.77. The summed E-state index contributed by atoms with van der Waals surface area (Å²) in [6.45, 7) is 2.10. The van der Waals surface area contributed by atoms with Gasteiger partial charge in [-0.25, -0.2) is 9.97 Å². The van der Waals surface area contributed by atoms with Crippen molar-refractivity contribution in [1.82, 2.24) is 14.5 Å². The Bertz CT molecular complexity index is 730. The van der Waals surface area contributed by atoms with Gasteiger partial charge in [0, 0.05) is 22.0 Å². The SMILES string of the molecule is Cc1sc(-c2cncn2C)nc1-c1ccccc1Br. The van der Waals surface area contributed by atoms with Crippen LogP contribution in [-0.4, -0.2) is 14.5 Å². The van der Waals surface area contributed by atoms with Crippen molar-refractivity contribution in [2.24, 2.45) is 7.05 Å². The minimum atomic E-state index is 1.00. The van der Waals surface area contributed by atoms with Gasteiger partial charge in [0.15, 0.2) is 0 Å². The van der Waals surface area contributed by atoms with E-state index in [1.54, 1.807) is 17.7 Å². The van der Waals surface area contributed by atoms with E-state index < -0.39 is 0 Å². The van der Waals surface area contributed by atoms with Gasteiger partial charge in [-0.05, 0) is 13.0 Å². The van der Waals surface area contributed by atoms with Gasteiger partial charge < -0.3 is 4.57 Å². The van der Waals surface area contributed by atoms with Crippen LogP contribution in [0, 0.1) is 6.92 Å². The van der Waals surface area contributed by atoms with Crippen molar-refractivity contribution >= 4 is 27.3 Å². The fourth-order valence-electron chi connectivity index (χ4n) is 1.97. The number of hydrogen-bond donors (Lipinski definition) is 0. The van der Waals surface area contributed by atoms with Crippen molar-refractivity contribution in [1.29, 1.82) is 0 Å². The number of nitrogens with zero attached hydrogens (tertiary/aromatic N) is 3. The Morgan fingerprint density at radius 2 is 2.05 bits per heavy atom. The molecule has 3 nitrogen and oxygen atoms in total. The lowest BCUT2D eigenvalue weighted by Gasteiger charge is -2.01. The van der Waals surface area contributed by atoms with Crippen molar-refractivity contribution in [3.8, 4) is 22.0 Å². The Morgan fingerprint density at radius 1 is 1.26 bits per heavy atom. The highest BCUT2D eigenvalue weighted by Gasteiger charge is 2.14. The maximum atomic E-state index is 4.77. The first kappa shape index (κ1) is 12.6. The van der Waals surface area contributed by atoms with Crippen LogP contribution >= 0.6 is 27.3 Å². The molecule has 1 aromatic carbocycles. The largest absolute Gasteiger partial charge is 0.332 e. The van der Waals surface area contributed by atoms with Gasteiger partial charge in [0.25, 0.3) is 0 Å². The third-order valence-electron chi connectivity index (χ3n) is 2.96. The summed E-state index contributed by atoms with van der Waals surface area (Å²) in [6.07, 6.45) is 3.65. The second-order valence-electron chi connectivity index (χ2n) is 4.29. The van der Waals surface area contributed by atoms with E-state index in [4.69, 9.17) is 4.98 Å². The Labute approximate surface area is 124 Å². The molecule has 0 spiro atoms. The van der Waals surface area contributed by atoms with E-state index in [2.05, 4.69) is 33.9 Å². The van der Waals surface area contributed by atoms with Crippen molar-refractivity contribution < 1.29 is 0 Å². The molecule has 5 heteroatoms. The van der Waals surface area contributed by atoms with Crippen molar-refractivity contribution in [2.45, 2.75) is 6.92 Å². The number of imidazole rings is 1. The lowest BCUT2D eigenvalue weighted by molar-refractivity contribution is 0.920. The molecule has 0 amide bonds. The maximum Gasteiger partial charge on any atom is 0.142 e. The molecular formula is C14H12BrN3S. The van der Waals surface area contributed by atoms with Crippen molar-refractivity contribution in [3.63, 3.8) is 0 Å². The van der Waals surface area contributed by atoms with Gasteiger partial charge in [0.2, 0.25) is 0 Å². The zero-order chi connectivity index (χ0) is 13.4. The fourth-order valence-corrected chi connectivity index (χ4v) is 3.43. The lowest BCUT2D eigenvalue weighted by atomic mass is 10.1. The number of aryl methyl sites for hydroxylation is 2. The van der Waals surface area contributed by atoms with E-state index in [9.17, 15) is 0 Å². The van der Waals surface area contributed by atoms with Gasteiger partial charge in [-0.15, -0.1) is 11.3 Å². The molecule has 0 aliphatic heterocycles. The Hall–Kier alpha value is -1.46. The van der Waals surface area contributed by atoms with Crippen LogP contribution in [0.5, 0.6) is 0 Å². The molecule has 19 heavy (non-hydrogen) atoms. The van der Waals surface area contributed by atoms with Gasteiger partial charge in [0.1, 0.15) is 5.01 Å². The zero-order valence-corrected chi connectivity index (χ0v) is 13.0. The highest BCUT2D eigenvalue weighted by atomic mass is 79.9. The molecule has 2 heterocycles. The molecular weight excluding hydrogens is 322 g/mol. The summed E-state index contributed by atoms with van der Waals surface area (Å²) in [6, 6.07) is 8.16. The smallest absolute Gasteiger partial charge is 0.142 e. The molecule has 0 aliphatic carbocycles. The monoisotopic (exact) mass is 333 g/mol. The van der Waals surface area contributed by atoms with E-state index in [0.717, 1.165) is 26.4 Å². The summed E-state index contributed by atoms with van der Waals surface area (Å²) in [7, 11) is 1.98. The molecule has 0 unspecified atom stereocenters. The molecule has 2 aromatic heterocycles. The number of rotatable bonds is 2. The van der Waals surface area contributed by atoms with Crippen LogP contribution in [0.1, 0.15) is 4.88 Å². The molecule has 0 atom stereocenters. The van der Waals surface area contributed by atoms with Crippen LogP contribution in [0.25, 0.3) is 22.0 Å². The summed E-state index contributed by atoms with van der Waals surface area (Å²) in [5, 5.41) is 1.00. The van der Waals surface area contributed by atoms with Gasteiger partial charge in [-0.2, -0.15) is 0 Å². The predicted octanol–water partition coefficient (Wildman–Crippen LogP) is 4.28. The third-order valence-corrected chi connectivity index (χ3v) is 4.65. The van der Waals surface area contributed by atoms with E-state index in [-0.39, 0.29) is 0 Å². The summed E-state index contributed by atoms with van der Waals surface area (Å²) >= 11 is 5.28. The minimum absolute atomic E-state index is 1.00. The number of thiazole rings is 1. The average Bonchev–Trinajstić information content (AvgIpc) is 2.96. The minimum Gasteiger partial charge on any atom is -0.332 e. The van der Waals surface area contributed by atoms with E-state index in [1.807, 2.05) is 36.0 Å². The standard InChI is InChI=1S/C14H12BrN3S/c1-9-13(10-5-3-4-6-11(10)15)17-14(19-9)12-7-16-8-18(12)2/h3-8H,1-2H3. The summed E-state index contributed by atoms with van der Waals surface area (Å²) < 4.78 is 3.06. The Kier molecular flexibility index (Phi) is 3.24.